The van der Waals surface area contributed by atoms with Crippen LogP contribution in [0.2, 0.25) is 5.02 Å². The van der Waals surface area contributed by atoms with Crippen molar-refractivity contribution in [1.29, 1.82) is 0 Å². The fourth-order valence-electron chi connectivity index (χ4n) is 2.05. The number of halogens is 2. The molecular weight excluding hydrogens is 342 g/mol. The minimum Gasteiger partial charge on any atom is -0.462 e. The zero-order valence-electron chi connectivity index (χ0n) is 11.5. The maximum absolute atomic E-state index is 6.05. The smallest absolute Gasteiger partial charge is 0.129 e. The highest BCUT2D eigenvalue weighted by atomic mass is 79.9. The van der Waals surface area contributed by atoms with Crippen LogP contribution in [-0.4, -0.2) is 13.7 Å². The number of hydrogen-bond acceptors (Lipinski definition) is 3. The third-order valence-corrected chi connectivity index (χ3v) is 4.15. The van der Waals surface area contributed by atoms with Crippen LogP contribution in [0.5, 0.6) is 0 Å². The fraction of sp³-hybridized carbons (Fsp3) is 0.333. The van der Waals surface area contributed by atoms with Crippen LogP contribution >= 0.6 is 27.5 Å². The quantitative estimate of drug-likeness (QED) is 0.823. The van der Waals surface area contributed by atoms with Crippen molar-refractivity contribution in [2.75, 3.05) is 13.7 Å². The molecule has 0 radical (unpaired) electrons. The Morgan fingerprint density at radius 1 is 1.35 bits per heavy atom. The van der Waals surface area contributed by atoms with Crippen LogP contribution in [0.4, 0.5) is 0 Å². The van der Waals surface area contributed by atoms with E-state index in [1.54, 1.807) is 7.11 Å². The standard InChI is InChI=1S/C15H17BrClNO2/c1-3-18-15(10-4-6-13(17)12(16)8-10)14-7-5-11(20-14)9-19-2/h4-8,15,18H,3,9H2,1-2H3. The summed E-state index contributed by atoms with van der Waals surface area (Å²) in [4.78, 5) is 0. The lowest BCUT2D eigenvalue weighted by molar-refractivity contribution is 0.162. The van der Waals surface area contributed by atoms with Gasteiger partial charge in [0.05, 0.1) is 11.1 Å². The van der Waals surface area contributed by atoms with Crippen LogP contribution in [0.1, 0.15) is 30.0 Å². The largest absolute Gasteiger partial charge is 0.462 e. The Bertz CT molecular complexity index is 571. The zero-order valence-corrected chi connectivity index (χ0v) is 13.8. The van der Waals surface area contributed by atoms with Gasteiger partial charge in [-0.1, -0.05) is 24.6 Å². The van der Waals surface area contributed by atoms with Crippen molar-refractivity contribution >= 4 is 27.5 Å². The van der Waals surface area contributed by atoms with E-state index in [1.807, 2.05) is 30.3 Å². The zero-order chi connectivity index (χ0) is 14.5. The van der Waals surface area contributed by atoms with Crippen molar-refractivity contribution in [1.82, 2.24) is 5.32 Å². The molecule has 0 amide bonds. The van der Waals surface area contributed by atoms with Gasteiger partial charge in [0, 0.05) is 11.6 Å². The first-order valence-electron chi connectivity index (χ1n) is 6.41. The van der Waals surface area contributed by atoms with Crippen molar-refractivity contribution in [2.45, 2.75) is 19.6 Å². The molecule has 0 saturated carbocycles. The lowest BCUT2D eigenvalue weighted by Gasteiger charge is -2.16. The molecule has 1 aromatic heterocycles. The van der Waals surface area contributed by atoms with Crippen molar-refractivity contribution in [2.24, 2.45) is 0 Å². The molecule has 0 aliphatic heterocycles. The molecule has 0 spiro atoms. The predicted molar refractivity (Wildman–Crippen MR) is 84.1 cm³/mol. The van der Waals surface area contributed by atoms with Gasteiger partial charge in [-0.15, -0.1) is 0 Å². The van der Waals surface area contributed by atoms with E-state index in [9.17, 15) is 0 Å². The highest BCUT2D eigenvalue weighted by molar-refractivity contribution is 9.10. The summed E-state index contributed by atoms with van der Waals surface area (Å²) < 4.78 is 11.8. The molecule has 1 heterocycles. The maximum atomic E-state index is 6.05. The highest BCUT2D eigenvalue weighted by Gasteiger charge is 2.18. The Balaban J connectivity index is 2.31. The molecule has 0 aliphatic rings. The van der Waals surface area contributed by atoms with E-state index in [0.717, 1.165) is 28.1 Å². The number of nitrogens with one attached hydrogen (secondary N) is 1. The molecule has 20 heavy (non-hydrogen) atoms. The third-order valence-electron chi connectivity index (χ3n) is 2.94. The number of rotatable bonds is 6. The Labute approximate surface area is 132 Å². The van der Waals surface area contributed by atoms with Gasteiger partial charge < -0.3 is 14.5 Å². The fourth-order valence-corrected chi connectivity index (χ4v) is 2.56. The average Bonchev–Trinajstić information content (AvgIpc) is 2.88. The second-order valence-electron chi connectivity index (χ2n) is 4.40. The van der Waals surface area contributed by atoms with Gasteiger partial charge in [0.25, 0.3) is 0 Å². The number of hydrogen-bond donors (Lipinski definition) is 1. The molecule has 1 atom stereocenters. The lowest BCUT2D eigenvalue weighted by atomic mass is 10.0. The molecule has 3 nitrogen and oxygen atoms in total. The molecule has 2 rings (SSSR count). The van der Waals surface area contributed by atoms with Gasteiger partial charge in [-0.3, -0.25) is 0 Å². The topological polar surface area (TPSA) is 34.4 Å². The Hall–Kier alpha value is -0.810. The minimum absolute atomic E-state index is 0.000766. The lowest BCUT2D eigenvalue weighted by Crippen LogP contribution is -2.21. The molecule has 108 valence electrons. The highest BCUT2D eigenvalue weighted by Crippen LogP contribution is 2.30. The molecular formula is C15H17BrClNO2. The van der Waals surface area contributed by atoms with E-state index in [2.05, 4.69) is 28.2 Å². The Morgan fingerprint density at radius 2 is 2.15 bits per heavy atom. The molecule has 0 fully saturated rings. The van der Waals surface area contributed by atoms with Crippen LogP contribution in [0.15, 0.2) is 39.2 Å². The molecule has 1 unspecified atom stereocenters. The minimum atomic E-state index is -0.000766. The van der Waals surface area contributed by atoms with Crippen LogP contribution in [0.25, 0.3) is 0 Å². The van der Waals surface area contributed by atoms with E-state index < -0.39 is 0 Å². The van der Waals surface area contributed by atoms with Gasteiger partial charge in [-0.25, -0.2) is 0 Å². The number of ether oxygens (including phenoxy) is 1. The number of methoxy groups -OCH3 is 1. The summed E-state index contributed by atoms with van der Waals surface area (Å²) >= 11 is 9.50. The van der Waals surface area contributed by atoms with E-state index in [0.29, 0.717) is 11.6 Å². The van der Waals surface area contributed by atoms with Gasteiger partial charge in [-0.2, -0.15) is 0 Å². The van der Waals surface area contributed by atoms with Crippen LogP contribution in [0, 0.1) is 0 Å². The predicted octanol–water partition coefficient (Wildman–Crippen LogP) is 4.54. The third kappa shape index (κ3) is 3.64. The monoisotopic (exact) mass is 357 g/mol. The van der Waals surface area contributed by atoms with E-state index >= 15 is 0 Å². The first-order chi connectivity index (χ1) is 9.65. The van der Waals surface area contributed by atoms with Gasteiger partial charge in [0.15, 0.2) is 0 Å². The summed E-state index contributed by atoms with van der Waals surface area (Å²) in [6.07, 6.45) is 0. The summed E-state index contributed by atoms with van der Waals surface area (Å²) in [7, 11) is 1.65. The van der Waals surface area contributed by atoms with Crippen LogP contribution in [0.3, 0.4) is 0 Å². The molecule has 1 aromatic carbocycles. The summed E-state index contributed by atoms with van der Waals surface area (Å²) in [5.74, 6) is 1.69. The number of benzene rings is 1. The molecule has 0 saturated heterocycles. The molecule has 2 aromatic rings. The summed E-state index contributed by atoms with van der Waals surface area (Å²) in [5.41, 5.74) is 1.10. The molecule has 0 bridgehead atoms. The average molecular weight is 359 g/mol. The van der Waals surface area contributed by atoms with Gasteiger partial charge >= 0.3 is 0 Å². The van der Waals surface area contributed by atoms with E-state index in [4.69, 9.17) is 20.8 Å². The van der Waals surface area contributed by atoms with Gasteiger partial charge in [-0.05, 0) is 52.3 Å². The van der Waals surface area contributed by atoms with Crippen LogP contribution < -0.4 is 5.32 Å². The summed E-state index contributed by atoms with van der Waals surface area (Å²) in [6.45, 7) is 3.38. The number of furan rings is 1. The second kappa shape index (κ2) is 7.27. The van der Waals surface area contributed by atoms with Crippen molar-refractivity contribution in [3.63, 3.8) is 0 Å². The van der Waals surface area contributed by atoms with E-state index in [1.165, 1.54) is 0 Å². The SMILES string of the molecule is CCNC(c1ccc(Cl)c(Br)c1)c1ccc(COC)o1. The second-order valence-corrected chi connectivity index (χ2v) is 5.66. The molecule has 1 N–H and O–H groups in total. The first-order valence-corrected chi connectivity index (χ1v) is 7.58. The molecule has 0 aliphatic carbocycles. The first kappa shape index (κ1) is 15.6. The Morgan fingerprint density at radius 3 is 2.80 bits per heavy atom. The van der Waals surface area contributed by atoms with Gasteiger partial charge in [0.1, 0.15) is 18.1 Å². The maximum Gasteiger partial charge on any atom is 0.129 e. The normalized spacial score (nSPS) is 12.6. The van der Waals surface area contributed by atoms with Crippen molar-refractivity contribution in [3.05, 3.63) is 56.9 Å². The summed E-state index contributed by atoms with van der Waals surface area (Å²) in [6, 6.07) is 9.80. The van der Waals surface area contributed by atoms with Crippen molar-refractivity contribution < 1.29 is 9.15 Å². The van der Waals surface area contributed by atoms with Crippen LogP contribution in [-0.2, 0) is 11.3 Å². The molecule has 5 heteroatoms. The van der Waals surface area contributed by atoms with E-state index in [-0.39, 0.29) is 6.04 Å². The Kier molecular flexibility index (Phi) is 5.66. The van der Waals surface area contributed by atoms with Gasteiger partial charge in [0.2, 0.25) is 0 Å². The summed E-state index contributed by atoms with van der Waals surface area (Å²) in [5, 5.41) is 4.12. The van der Waals surface area contributed by atoms with Crippen molar-refractivity contribution in [3.8, 4) is 0 Å².